The van der Waals surface area contributed by atoms with Gasteiger partial charge in [-0.2, -0.15) is 13.2 Å². The average Bonchev–Trinajstić information content (AvgIpc) is 2.72. The number of anilines is 1. The molecule has 3 rings (SSSR count). The summed E-state index contributed by atoms with van der Waals surface area (Å²) in [4.78, 5) is 24.0. The molecule has 0 spiro atoms. The first kappa shape index (κ1) is 21.0. The lowest BCUT2D eigenvalue weighted by Gasteiger charge is -2.11. The highest BCUT2D eigenvalue weighted by Crippen LogP contribution is 2.32. The molecule has 0 bridgehead atoms. The van der Waals surface area contributed by atoms with Crippen LogP contribution in [0.4, 0.5) is 23.2 Å². The molecule has 30 heavy (non-hydrogen) atoms. The largest absolute Gasteiger partial charge is 0.416 e. The summed E-state index contributed by atoms with van der Waals surface area (Å²) in [6.45, 7) is 0. The van der Waals surface area contributed by atoms with E-state index in [0.717, 1.165) is 6.07 Å². The fourth-order valence-corrected chi connectivity index (χ4v) is 2.77. The predicted octanol–water partition coefficient (Wildman–Crippen LogP) is 4.88. The Morgan fingerprint density at radius 3 is 1.90 bits per heavy atom. The fourth-order valence-electron chi connectivity index (χ4n) is 2.77. The summed E-state index contributed by atoms with van der Waals surface area (Å²) in [6, 6.07) is 14.1. The SMILES string of the molecule is O=C(NO)c1cccc(-c2cccc(C(=O)Nc3cc(F)cc(C(F)(F)F)c3)c2)c1. The highest BCUT2D eigenvalue weighted by Gasteiger charge is 2.31. The van der Waals surface area contributed by atoms with Gasteiger partial charge in [-0.05, 0) is 53.6 Å². The molecule has 0 aliphatic rings. The third-order valence-electron chi connectivity index (χ3n) is 4.17. The Morgan fingerprint density at radius 2 is 1.37 bits per heavy atom. The Hall–Kier alpha value is -3.72. The minimum Gasteiger partial charge on any atom is -0.322 e. The van der Waals surface area contributed by atoms with Gasteiger partial charge in [0.25, 0.3) is 11.8 Å². The number of rotatable bonds is 4. The van der Waals surface area contributed by atoms with Crippen LogP contribution in [-0.2, 0) is 6.18 Å². The number of benzene rings is 3. The maximum absolute atomic E-state index is 13.5. The first-order valence-corrected chi connectivity index (χ1v) is 8.51. The van der Waals surface area contributed by atoms with Crippen LogP contribution in [0.3, 0.4) is 0 Å². The van der Waals surface area contributed by atoms with Gasteiger partial charge in [0.15, 0.2) is 0 Å². The molecule has 0 aliphatic carbocycles. The topological polar surface area (TPSA) is 78.4 Å². The van der Waals surface area contributed by atoms with Crippen LogP contribution < -0.4 is 10.8 Å². The van der Waals surface area contributed by atoms with E-state index in [1.54, 1.807) is 24.3 Å². The maximum atomic E-state index is 13.5. The Morgan fingerprint density at radius 1 is 0.800 bits per heavy atom. The Kier molecular flexibility index (Phi) is 5.84. The first-order valence-electron chi connectivity index (χ1n) is 8.51. The predicted molar refractivity (Wildman–Crippen MR) is 100 cm³/mol. The number of hydrogen-bond donors (Lipinski definition) is 3. The number of hydrogen-bond acceptors (Lipinski definition) is 3. The van der Waals surface area contributed by atoms with Crippen molar-refractivity contribution in [3.8, 4) is 11.1 Å². The molecular weight excluding hydrogens is 404 g/mol. The Balaban J connectivity index is 1.87. The van der Waals surface area contributed by atoms with Crippen LogP contribution in [-0.4, -0.2) is 17.0 Å². The van der Waals surface area contributed by atoms with Gasteiger partial charge in [0.2, 0.25) is 0 Å². The molecule has 3 aromatic carbocycles. The smallest absolute Gasteiger partial charge is 0.322 e. The van der Waals surface area contributed by atoms with E-state index in [-0.39, 0.29) is 16.8 Å². The molecule has 0 fully saturated rings. The average molecular weight is 418 g/mol. The van der Waals surface area contributed by atoms with Gasteiger partial charge < -0.3 is 5.32 Å². The van der Waals surface area contributed by atoms with Crippen molar-refractivity contribution in [2.45, 2.75) is 6.18 Å². The van der Waals surface area contributed by atoms with Crippen LogP contribution in [0.5, 0.6) is 0 Å². The summed E-state index contributed by atoms with van der Waals surface area (Å²) in [6.07, 6.45) is -4.76. The van der Waals surface area contributed by atoms with E-state index in [2.05, 4.69) is 5.32 Å². The number of hydroxylamine groups is 1. The molecule has 0 unspecified atom stereocenters. The van der Waals surface area contributed by atoms with Crippen molar-refractivity contribution in [3.63, 3.8) is 0 Å². The van der Waals surface area contributed by atoms with Crippen molar-refractivity contribution >= 4 is 17.5 Å². The van der Waals surface area contributed by atoms with E-state index in [1.165, 1.54) is 29.7 Å². The minimum absolute atomic E-state index is 0.113. The molecule has 0 heterocycles. The van der Waals surface area contributed by atoms with Gasteiger partial charge in [-0.25, -0.2) is 9.87 Å². The van der Waals surface area contributed by atoms with Crippen molar-refractivity contribution in [1.29, 1.82) is 0 Å². The molecule has 154 valence electrons. The summed E-state index contributed by atoms with van der Waals surface area (Å²) in [5.41, 5.74) is 1.38. The van der Waals surface area contributed by atoms with E-state index in [0.29, 0.717) is 23.3 Å². The molecule has 0 atom stereocenters. The zero-order valence-corrected chi connectivity index (χ0v) is 15.1. The fraction of sp³-hybridized carbons (Fsp3) is 0.0476. The van der Waals surface area contributed by atoms with Gasteiger partial charge in [0.05, 0.1) is 5.56 Å². The number of carbonyl (C=O) groups is 2. The van der Waals surface area contributed by atoms with Crippen molar-refractivity contribution in [1.82, 2.24) is 5.48 Å². The lowest BCUT2D eigenvalue weighted by Crippen LogP contribution is -2.18. The van der Waals surface area contributed by atoms with E-state index < -0.39 is 29.4 Å². The molecule has 2 amide bonds. The zero-order chi connectivity index (χ0) is 21.9. The monoisotopic (exact) mass is 418 g/mol. The normalized spacial score (nSPS) is 11.1. The van der Waals surface area contributed by atoms with Gasteiger partial charge in [0, 0.05) is 16.8 Å². The molecule has 3 N–H and O–H groups in total. The molecule has 5 nitrogen and oxygen atoms in total. The number of carbonyl (C=O) groups excluding carboxylic acids is 2. The van der Waals surface area contributed by atoms with E-state index in [9.17, 15) is 27.2 Å². The maximum Gasteiger partial charge on any atom is 0.416 e. The third kappa shape index (κ3) is 4.81. The molecular formula is C21H14F4N2O3. The van der Waals surface area contributed by atoms with E-state index in [4.69, 9.17) is 5.21 Å². The van der Waals surface area contributed by atoms with Crippen molar-refractivity contribution in [2.24, 2.45) is 0 Å². The highest BCUT2D eigenvalue weighted by molar-refractivity contribution is 6.05. The highest BCUT2D eigenvalue weighted by atomic mass is 19.4. The second-order valence-corrected chi connectivity index (χ2v) is 6.28. The summed E-state index contributed by atoms with van der Waals surface area (Å²) in [7, 11) is 0. The standard InChI is InChI=1S/C21H14F4N2O3/c22-17-9-16(21(23,24)25)10-18(11-17)26-19(28)14-5-1-3-12(7-14)13-4-2-6-15(8-13)20(29)27-30/h1-11,30H,(H,26,28)(H,27,29). The summed E-state index contributed by atoms with van der Waals surface area (Å²) >= 11 is 0. The lowest BCUT2D eigenvalue weighted by atomic mass is 10.0. The molecule has 0 saturated heterocycles. The van der Waals surface area contributed by atoms with Gasteiger partial charge in [0.1, 0.15) is 5.82 Å². The number of amides is 2. The molecule has 0 aliphatic heterocycles. The molecule has 9 heteroatoms. The molecule has 0 aromatic heterocycles. The second-order valence-electron chi connectivity index (χ2n) is 6.28. The van der Waals surface area contributed by atoms with Crippen LogP contribution in [0.1, 0.15) is 26.3 Å². The third-order valence-corrected chi connectivity index (χ3v) is 4.17. The summed E-state index contributed by atoms with van der Waals surface area (Å²) < 4.78 is 52.0. The molecule has 0 saturated carbocycles. The van der Waals surface area contributed by atoms with Crippen LogP contribution in [0.2, 0.25) is 0 Å². The van der Waals surface area contributed by atoms with Crippen LogP contribution in [0.25, 0.3) is 11.1 Å². The van der Waals surface area contributed by atoms with Gasteiger partial charge in [-0.3, -0.25) is 14.8 Å². The van der Waals surface area contributed by atoms with E-state index >= 15 is 0 Å². The minimum atomic E-state index is -4.76. The summed E-state index contributed by atoms with van der Waals surface area (Å²) in [5, 5.41) is 11.0. The van der Waals surface area contributed by atoms with Crippen LogP contribution in [0.15, 0.2) is 66.7 Å². The quantitative estimate of drug-likeness (QED) is 0.321. The number of alkyl halides is 3. The second kappa shape index (κ2) is 8.34. The Labute approximate surface area is 167 Å². The lowest BCUT2D eigenvalue weighted by molar-refractivity contribution is -0.137. The van der Waals surface area contributed by atoms with Gasteiger partial charge in [-0.15, -0.1) is 0 Å². The van der Waals surface area contributed by atoms with Crippen LogP contribution in [0, 0.1) is 5.82 Å². The van der Waals surface area contributed by atoms with E-state index in [1.807, 2.05) is 0 Å². The van der Waals surface area contributed by atoms with Crippen molar-refractivity contribution < 1.29 is 32.4 Å². The van der Waals surface area contributed by atoms with Crippen molar-refractivity contribution in [2.75, 3.05) is 5.32 Å². The van der Waals surface area contributed by atoms with Crippen LogP contribution >= 0.6 is 0 Å². The molecule has 0 radical (unpaired) electrons. The number of nitrogens with one attached hydrogen (secondary N) is 2. The van der Waals surface area contributed by atoms with Crippen molar-refractivity contribution in [3.05, 3.63) is 89.2 Å². The summed E-state index contributed by atoms with van der Waals surface area (Å²) in [5.74, 6) is -2.58. The first-order chi connectivity index (χ1) is 14.2. The Bertz CT molecular complexity index is 1110. The zero-order valence-electron chi connectivity index (χ0n) is 15.1. The van der Waals surface area contributed by atoms with Gasteiger partial charge in [-0.1, -0.05) is 24.3 Å². The van der Waals surface area contributed by atoms with Gasteiger partial charge >= 0.3 is 6.18 Å². The molecule has 3 aromatic rings. The number of halogens is 4.